The van der Waals surface area contributed by atoms with Crippen LogP contribution >= 0.6 is 0 Å². The minimum absolute atomic E-state index is 0.0290. The minimum atomic E-state index is -0.135. The first-order valence-corrected chi connectivity index (χ1v) is 10.5. The maximum absolute atomic E-state index is 15.0. The normalized spacial score (nSPS) is 17.0. The Balaban J connectivity index is 1.20. The van der Waals surface area contributed by atoms with Crippen LogP contribution in [0, 0.1) is 5.82 Å². The largest absolute Gasteiger partial charge is 0.354 e. The Labute approximate surface area is 174 Å². The van der Waals surface area contributed by atoms with Gasteiger partial charge in [0.2, 0.25) is 5.91 Å². The van der Waals surface area contributed by atoms with Crippen molar-refractivity contribution in [3.05, 3.63) is 53.3 Å². The van der Waals surface area contributed by atoms with Gasteiger partial charge in [-0.1, -0.05) is 23.4 Å². The summed E-state index contributed by atoms with van der Waals surface area (Å²) in [6, 6.07) is 11.7. The summed E-state index contributed by atoms with van der Waals surface area (Å²) in [7, 11) is 0. The number of fused-ring (bicyclic) bond motifs is 2. The van der Waals surface area contributed by atoms with Crippen LogP contribution in [0.1, 0.15) is 18.1 Å². The lowest BCUT2D eigenvalue weighted by molar-refractivity contribution is -0.116. The highest BCUT2D eigenvalue weighted by molar-refractivity contribution is 5.93. The second-order valence-corrected chi connectivity index (χ2v) is 8.04. The number of hydrogen-bond acceptors (Lipinski definition) is 5. The van der Waals surface area contributed by atoms with E-state index in [-0.39, 0.29) is 11.7 Å². The van der Waals surface area contributed by atoms with Crippen molar-refractivity contribution in [2.75, 3.05) is 49.1 Å². The Morgan fingerprint density at radius 2 is 1.90 bits per heavy atom. The van der Waals surface area contributed by atoms with Gasteiger partial charge in [-0.05, 0) is 36.6 Å². The fraction of sp³-hybridized carbons (Fsp3) is 0.391. The Morgan fingerprint density at radius 1 is 1.10 bits per heavy atom. The van der Waals surface area contributed by atoms with E-state index in [4.69, 9.17) is 4.52 Å². The summed E-state index contributed by atoms with van der Waals surface area (Å²) in [4.78, 5) is 18.0. The van der Waals surface area contributed by atoms with Crippen molar-refractivity contribution in [1.29, 1.82) is 0 Å². The molecule has 1 amide bonds. The SMILES string of the molecule is CC(=O)N1CCc2c1ccc(CCN1CCN(c3noc4ccccc34)CC1)c2F. The molecular formula is C23H25FN4O2. The summed E-state index contributed by atoms with van der Waals surface area (Å²) in [5.41, 5.74) is 2.97. The number of anilines is 2. The zero-order valence-corrected chi connectivity index (χ0v) is 17.1. The van der Waals surface area contributed by atoms with Crippen molar-refractivity contribution >= 4 is 28.4 Å². The van der Waals surface area contributed by atoms with E-state index >= 15 is 0 Å². The molecule has 1 saturated heterocycles. The lowest BCUT2D eigenvalue weighted by Crippen LogP contribution is -2.47. The molecule has 0 saturated carbocycles. The molecule has 2 aliphatic heterocycles. The molecule has 1 aromatic heterocycles. The average molecular weight is 408 g/mol. The third-order valence-electron chi connectivity index (χ3n) is 6.28. The van der Waals surface area contributed by atoms with Gasteiger partial charge in [-0.25, -0.2) is 4.39 Å². The van der Waals surface area contributed by atoms with Crippen LogP contribution in [-0.2, 0) is 17.6 Å². The summed E-state index contributed by atoms with van der Waals surface area (Å²) < 4.78 is 20.4. The quantitative estimate of drug-likeness (QED) is 0.663. The molecule has 30 heavy (non-hydrogen) atoms. The molecule has 0 unspecified atom stereocenters. The third kappa shape index (κ3) is 3.33. The Morgan fingerprint density at radius 3 is 2.70 bits per heavy atom. The third-order valence-corrected chi connectivity index (χ3v) is 6.28. The average Bonchev–Trinajstić information content (AvgIpc) is 3.39. The van der Waals surface area contributed by atoms with Gasteiger partial charge in [0.25, 0.3) is 0 Å². The Hall–Kier alpha value is -2.93. The summed E-state index contributed by atoms with van der Waals surface area (Å²) in [5, 5.41) is 5.30. The molecular weight excluding hydrogens is 383 g/mol. The predicted octanol–water partition coefficient (Wildman–Crippen LogP) is 3.24. The van der Waals surface area contributed by atoms with Gasteiger partial charge >= 0.3 is 0 Å². The van der Waals surface area contributed by atoms with E-state index in [1.807, 2.05) is 36.4 Å². The van der Waals surface area contributed by atoms with Gasteiger partial charge in [0.05, 0.1) is 5.39 Å². The number of aromatic nitrogens is 1. The number of carbonyl (C=O) groups excluding carboxylic acids is 1. The van der Waals surface area contributed by atoms with Crippen molar-refractivity contribution in [2.24, 2.45) is 0 Å². The standard InChI is InChI=1S/C23H25FN4O2/c1-16(29)28-11-9-18-20(28)7-6-17(22(18)24)8-10-26-12-14-27(15-13-26)23-19-4-2-3-5-21(19)30-25-23/h2-7H,8-15H2,1H3. The topological polar surface area (TPSA) is 52.8 Å². The van der Waals surface area contributed by atoms with Gasteiger partial charge in [-0.15, -0.1) is 0 Å². The maximum Gasteiger partial charge on any atom is 0.223 e. The number of benzene rings is 2. The minimum Gasteiger partial charge on any atom is -0.354 e. The zero-order chi connectivity index (χ0) is 20.7. The number of para-hydroxylation sites is 1. The van der Waals surface area contributed by atoms with Crippen molar-refractivity contribution in [2.45, 2.75) is 19.8 Å². The molecule has 5 rings (SSSR count). The summed E-state index contributed by atoms with van der Waals surface area (Å²) in [6.45, 7) is 6.48. The first-order valence-electron chi connectivity index (χ1n) is 10.5. The number of carbonyl (C=O) groups is 1. The van der Waals surface area contributed by atoms with E-state index in [0.717, 1.165) is 60.8 Å². The summed E-state index contributed by atoms with van der Waals surface area (Å²) in [6.07, 6.45) is 1.27. The highest BCUT2D eigenvalue weighted by Gasteiger charge is 2.27. The number of nitrogens with zero attached hydrogens (tertiary/aromatic N) is 4. The van der Waals surface area contributed by atoms with Crippen molar-refractivity contribution in [3.63, 3.8) is 0 Å². The number of piperazine rings is 1. The van der Waals surface area contributed by atoms with Crippen molar-refractivity contribution in [1.82, 2.24) is 10.1 Å². The predicted molar refractivity (Wildman–Crippen MR) is 114 cm³/mol. The van der Waals surface area contributed by atoms with Crippen LogP contribution in [0.15, 0.2) is 40.9 Å². The molecule has 0 spiro atoms. The van der Waals surface area contributed by atoms with Crippen LogP contribution in [0.25, 0.3) is 11.0 Å². The Kier molecular flexibility index (Phi) is 4.90. The van der Waals surface area contributed by atoms with Crippen LogP contribution in [0.2, 0.25) is 0 Å². The van der Waals surface area contributed by atoms with Gasteiger partial charge in [0.1, 0.15) is 5.82 Å². The molecule has 3 aromatic rings. The molecule has 0 radical (unpaired) electrons. The maximum atomic E-state index is 15.0. The van der Waals surface area contributed by atoms with Gasteiger partial charge in [0, 0.05) is 57.4 Å². The second-order valence-electron chi connectivity index (χ2n) is 8.04. The highest BCUT2D eigenvalue weighted by atomic mass is 19.1. The smallest absolute Gasteiger partial charge is 0.223 e. The Bertz CT molecular complexity index is 1090. The van der Waals surface area contributed by atoms with E-state index in [0.29, 0.717) is 24.9 Å². The molecule has 3 heterocycles. The number of rotatable bonds is 4. The molecule has 6 nitrogen and oxygen atoms in total. The van der Waals surface area contributed by atoms with Crippen molar-refractivity contribution < 1.29 is 13.7 Å². The molecule has 0 atom stereocenters. The van der Waals surface area contributed by atoms with Gasteiger partial charge in [-0.2, -0.15) is 0 Å². The highest BCUT2D eigenvalue weighted by Crippen LogP contribution is 2.32. The molecule has 1 fully saturated rings. The van der Waals surface area contributed by atoms with E-state index in [1.165, 1.54) is 6.92 Å². The molecule has 0 aliphatic carbocycles. The van der Waals surface area contributed by atoms with E-state index in [2.05, 4.69) is 15.0 Å². The fourth-order valence-electron chi connectivity index (χ4n) is 4.58. The molecule has 2 aliphatic rings. The molecule has 156 valence electrons. The van der Waals surface area contributed by atoms with E-state index in [9.17, 15) is 9.18 Å². The monoisotopic (exact) mass is 408 g/mol. The van der Waals surface area contributed by atoms with E-state index < -0.39 is 0 Å². The zero-order valence-electron chi connectivity index (χ0n) is 17.1. The lowest BCUT2D eigenvalue weighted by atomic mass is 10.0. The lowest BCUT2D eigenvalue weighted by Gasteiger charge is -2.34. The summed E-state index contributed by atoms with van der Waals surface area (Å²) in [5.74, 6) is 0.743. The first kappa shape index (κ1) is 19.1. The van der Waals surface area contributed by atoms with Crippen LogP contribution < -0.4 is 9.80 Å². The van der Waals surface area contributed by atoms with Crippen LogP contribution in [0.4, 0.5) is 15.9 Å². The van der Waals surface area contributed by atoms with Crippen LogP contribution in [0.3, 0.4) is 0 Å². The summed E-state index contributed by atoms with van der Waals surface area (Å²) >= 11 is 0. The van der Waals surface area contributed by atoms with Gasteiger partial charge < -0.3 is 14.3 Å². The van der Waals surface area contributed by atoms with Crippen LogP contribution in [0.5, 0.6) is 0 Å². The second kappa shape index (κ2) is 7.72. The molecule has 7 heteroatoms. The van der Waals surface area contributed by atoms with Gasteiger partial charge in [0.15, 0.2) is 11.4 Å². The number of halogens is 1. The number of amides is 1. The fourth-order valence-corrected chi connectivity index (χ4v) is 4.58. The van der Waals surface area contributed by atoms with Crippen molar-refractivity contribution in [3.8, 4) is 0 Å². The molecule has 0 bridgehead atoms. The van der Waals surface area contributed by atoms with E-state index in [1.54, 1.807) is 4.90 Å². The molecule has 0 N–H and O–H groups in total. The van der Waals surface area contributed by atoms with Gasteiger partial charge in [-0.3, -0.25) is 9.69 Å². The molecule has 2 aromatic carbocycles. The van der Waals surface area contributed by atoms with Crippen LogP contribution in [-0.4, -0.2) is 55.2 Å². The first-order chi connectivity index (χ1) is 14.6. The number of hydrogen-bond donors (Lipinski definition) is 0.